The molecular weight excluding hydrogens is 310 g/mol. The molecule has 5 heteroatoms. The number of rotatable bonds is 3. The van der Waals surface area contributed by atoms with Crippen molar-refractivity contribution in [1.29, 1.82) is 0 Å². The lowest BCUT2D eigenvalue weighted by atomic mass is 9.64. The van der Waals surface area contributed by atoms with Gasteiger partial charge in [0.05, 0.1) is 6.04 Å². The minimum Gasteiger partial charge on any atom is -0.341 e. The Labute approximate surface area is 144 Å². The first-order chi connectivity index (χ1) is 10.6. The largest absolute Gasteiger partial charge is 0.341 e. The number of carbonyl (C=O) groups is 1. The number of piperidine rings is 1. The first kappa shape index (κ1) is 18.2. The molecule has 2 atom stereocenters. The Bertz CT molecular complexity index is 570. The summed E-state index contributed by atoms with van der Waals surface area (Å²) >= 11 is 5.99. The second-order valence-electron chi connectivity index (χ2n) is 7.64. The molecule has 1 aromatic rings. The number of halogens is 1. The molecule has 2 rings (SSSR count). The van der Waals surface area contributed by atoms with E-state index in [-0.39, 0.29) is 17.2 Å². The number of benzene rings is 1. The summed E-state index contributed by atoms with van der Waals surface area (Å²) in [5.74, 6) is 0.151. The highest BCUT2D eigenvalue weighted by atomic mass is 35.5. The number of hydrogen-bond donors (Lipinski definition) is 2. The van der Waals surface area contributed by atoms with Gasteiger partial charge in [-0.1, -0.05) is 51.4 Å². The minimum absolute atomic E-state index is 0.0197. The van der Waals surface area contributed by atoms with Crippen LogP contribution in [0.4, 0.5) is 0 Å². The van der Waals surface area contributed by atoms with E-state index in [1.165, 1.54) is 0 Å². The van der Waals surface area contributed by atoms with Gasteiger partial charge in [0.1, 0.15) is 0 Å². The first-order valence-electron chi connectivity index (χ1n) is 8.18. The highest BCUT2D eigenvalue weighted by molar-refractivity contribution is 6.30. The molecule has 0 spiro atoms. The Morgan fingerprint density at radius 1 is 1.26 bits per heavy atom. The third kappa shape index (κ3) is 3.39. The zero-order valence-electron chi connectivity index (χ0n) is 14.5. The lowest BCUT2D eigenvalue weighted by Crippen LogP contribution is -2.62. The van der Waals surface area contributed by atoms with Gasteiger partial charge in [-0.2, -0.15) is 0 Å². The Morgan fingerprint density at radius 2 is 1.83 bits per heavy atom. The van der Waals surface area contributed by atoms with E-state index in [2.05, 4.69) is 13.8 Å². The molecule has 2 unspecified atom stereocenters. The van der Waals surface area contributed by atoms with Gasteiger partial charge >= 0.3 is 0 Å². The van der Waals surface area contributed by atoms with Crippen molar-refractivity contribution in [1.82, 2.24) is 4.90 Å². The Balaban J connectivity index is 2.23. The molecule has 1 heterocycles. The first-order valence-corrected chi connectivity index (χ1v) is 8.55. The van der Waals surface area contributed by atoms with E-state index in [0.717, 1.165) is 5.56 Å². The van der Waals surface area contributed by atoms with Gasteiger partial charge in [-0.15, -0.1) is 0 Å². The Morgan fingerprint density at radius 3 is 2.30 bits per heavy atom. The van der Waals surface area contributed by atoms with Crippen molar-refractivity contribution in [2.45, 2.75) is 45.7 Å². The number of amides is 1. The molecule has 1 aliphatic heterocycles. The fourth-order valence-electron chi connectivity index (χ4n) is 3.31. The third-order valence-corrected chi connectivity index (χ3v) is 5.50. The van der Waals surface area contributed by atoms with Crippen LogP contribution in [0, 0.1) is 11.3 Å². The lowest BCUT2D eigenvalue weighted by molar-refractivity contribution is -0.138. The maximum Gasteiger partial charge on any atom is 0.239 e. The van der Waals surface area contributed by atoms with E-state index >= 15 is 0 Å². The third-order valence-electron chi connectivity index (χ3n) is 5.24. The van der Waals surface area contributed by atoms with E-state index in [1.54, 1.807) is 0 Å². The van der Waals surface area contributed by atoms with E-state index in [9.17, 15) is 4.79 Å². The van der Waals surface area contributed by atoms with Gasteiger partial charge in [0, 0.05) is 29.1 Å². The Kier molecular flexibility index (Phi) is 5.09. The predicted molar refractivity (Wildman–Crippen MR) is 95.1 cm³/mol. The number of hydrogen-bond acceptors (Lipinski definition) is 3. The average molecular weight is 338 g/mol. The quantitative estimate of drug-likeness (QED) is 0.890. The SMILES string of the molecule is CC(C)C(N)C(=O)N1CCC(N)(c2ccc(Cl)cc2)C(C)(C)C1. The molecular formula is C18H28ClN3O. The normalized spacial score (nSPS) is 25.5. The summed E-state index contributed by atoms with van der Waals surface area (Å²) < 4.78 is 0. The van der Waals surface area contributed by atoms with Gasteiger partial charge in [0.25, 0.3) is 0 Å². The smallest absolute Gasteiger partial charge is 0.239 e. The maximum atomic E-state index is 12.6. The summed E-state index contributed by atoms with van der Waals surface area (Å²) in [6, 6.07) is 7.26. The molecule has 1 amide bonds. The van der Waals surface area contributed by atoms with Gasteiger partial charge in [-0.05, 0) is 30.0 Å². The van der Waals surface area contributed by atoms with Crippen LogP contribution in [0.5, 0.6) is 0 Å². The number of likely N-dealkylation sites (tertiary alicyclic amines) is 1. The summed E-state index contributed by atoms with van der Waals surface area (Å²) in [5, 5.41) is 0.700. The van der Waals surface area contributed by atoms with Crippen LogP contribution in [-0.4, -0.2) is 29.9 Å². The summed E-state index contributed by atoms with van der Waals surface area (Å²) in [5.41, 5.74) is 13.1. The number of carbonyl (C=O) groups excluding carboxylic acids is 1. The van der Waals surface area contributed by atoms with Crippen LogP contribution in [-0.2, 0) is 10.3 Å². The summed E-state index contributed by atoms with van der Waals surface area (Å²) in [4.78, 5) is 14.4. The fourth-order valence-corrected chi connectivity index (χ4v) is 3.44. The topological polar surface area (TPSA) is 72.4 Å². The molecule has 1 aromatic carbocycles. The van der Waals surface area contributed by atoms with Crippen molar-refractivity contribution in [2.75, 3.05) is 13.1 Å². The van der Waals surface area contributed by atoms with Gasteiger partial charge in [0.2, 0.25) is 5.91 Å². The van der Waals surface area contributed by atoms with Gasteiger partial charge in [-0.25, -0.2) is 0 Å². The second-order valence-corrected chi connectivity index (χ2v) is 8.08. The van der Waals surface area contributed by atoms with Crippen molar-refractivity contribution in [2.24, 2.45) is 22.8 Å². The summed E-state index contributed by atoms with van der Waals surface area (Å²) in [6.45, 7) is 9.40. The zero-order valence-corrected chi connectivity index (χ0v) is 15.2. The molecule has 1 fully saturated rings. The zero-order chi connectivity index (χ0) is 17.4. The Hall–Kier alpha value is -1.10. The van der Waals surface area contributed by atoms with Crippen LogP contribution in [0.15, 0.2) is 24.3 Å². The molecule has 23 heavy (non-hydrogen) atoms. The highest BCUT2D eigenvalue weighted by Crippen LogP contribution is 2.44. The second kappa shape index (κ2) is 6.42. The molecule has 128 valence electrons. The molecule has 4 nitrogen and oxygen atoms in total. The van der Waals surface area contributed by atoms with E-state index in [1.807, 2.05) is 43.0 Å². The van der Waals surface area contributed by atoms with Crippen molar-refractivity contribution < 1.29 is 4.79 Å². The highest BCUT2D eigenvalue weighted by Gasteiger charge is 2.48. The lowest BCUT2D eigenvalue weighted by Gasteiger charge is -2.52. The van der Waals surface area contributed by atoms with Crippen molar-refractivity contribution >= 4 is 17.5 Å². The maximum absolute atomic E-state index is 12.6. The van der Waals surface area contributed by atoms with Crippen molar-refractivity contribution in [3.8, 4) is 0 Å². The fraction of sp³-hybridized carbons (Fsp3) is 0.611. The average Bonchev–Trinajstić information content (AvgIpc) is 2.49. The molecule has 0 radical (unpaired) electrons. The summed E-state index contributed by atoms with van der Waals surface area (Å²) in [7, 11) is 0. The van der Waals surface area contributed by atoms with Crippen molar-refractivity contribution in [3.63, 3.8) is 0 Å². The van der Waals surface area contributed by atoms with Crippen molar-refractivity contribution in [3.05, 3.63) is 34.9 Å². The van der Waals surface area contributed by atoms with Crippen LogP contribution >= 0.6 is 11.6 Å². The predicted octanol–water partition coefficient (Wildman–Crippen LogP) is 2.74. The molecule has 1 saturated heterocycles. The molecule has 0 bridgehead atoms. The van der Waals surface area contributed by atoms with Gasteiger partial charge < -0.3 is 16.4 Å². The number of nitrogens with zero attached hydrogens (tertiary/aromatic N) is 1. The van der Waals surface area contributed by atoms with Crippen LogP contribution in [0.3, 0.4) is 0 Å². The van der Waals surface area contributed by atoms with Gasteiger partial charge in [-0.3, -0.25) is 4.79 Å². The van der Waals surface area contributed by atoms with E-state index in [4.69, 9.17) is 23.1 Å². The number of nitrogens with two attached hydrogens (primary N) is 2. The summed E-state index contributed by atoms with van der Waals surface area (Å²) in [6.07, 6.45) is 0.707. The van der Waals surface area contributed by atoms with Crippen LogP contribution < -0.4 is 11.5 Å². The molecule has 1 aliphatic rings. The molecule has 0 aromatic heterocycles. The van der Waals surface area contributed by atoms with Gasteiger partial charge in [0.15, 0.2) is 0 Å². The molecule has 0 saturated carbocycles. The van der Waals surface area contributed by atoms with Crippen LogP contribution in [0.25, 0.3) is 0 Å². The minimum atomic E-state index is -0.490. The van der Waals surface area contributed by atoms with E-state index < -0.39 is 11.6 Å². The standard InChI is InChI=1S/C18H28ClN3O/c1-12(2)15(20)16(23)22-10-9-18(21,17(3,4)11-22)13-5-7-14(19)8-6-13/h5-8,12,15H,9-11,20-21H2,1-4H3. The van der Waals surface area contributed by atoms with E-state index in [0.29, 0.717) is 24.5 Å². The van der Waals surface area contributed by atoms with Crippen LogP contribution in [0.2, 0.25) is 5.02 Å². The van der Waals surface area contributed by atoms with Crippen LogP contribution in [0.1, 0.15) is 39.7 Å². The molecule has 4 N–H and O–H groups in total. The molecule has 0 aliphatic carbocycles. The monoisotopic (exact) mass is 337 g/mol.